The summed E-state index contributed by atoms with van der Waals surface area (Å²) in [6.45, 7) is 8.76. The third kappa shape index (κ3) is 4.31. The smallest absolute Gasteiger partial charge is 0.182 e. The molecule has 0 atom stereocenters. The van der Waals surface area contributed by atoms with Crippen molar-refractivity contribution in [1.82, 2.24) is 0 Å². The third-order valence-corrected chi connectivity index (χ3v) is 4.44. The van der Waals surface area contributed by atoms with Gasteiger partial charge < -0.3 is 0 Å². The van der Waals surface area contributed by atoms with Crippen LogP contribution in [0, 0.1) is 0 Å². The second-order valence-corrected chi connectivity index (χ2v) is 6.16. The van der Waals surface area contributed by atoms with Gasteiger partial charge in [-0.3, -0.25) is 9.78 Å². The highest BCUT2D eigenvalue weighted by Gasteiger charge is 2.12. The van der Waals surface area contributed by atoms with Crippen LogP contribution < -0.4 is 9.78 Å². The van der Waals surface area contributed by atoms with Crippen LogP contribution in [0.2, 0.25) is 0 Å². The molecule has 0 saturated heterocycles. The fourth-order valence-corrected chi connectivity index (χ4v) is 3.20. The maximum atomic E-state index is 5.80. The highest BCUT2D eigenvalue weighted by molar-refractivity contribution is 5.42. The molecule has 0 fully saturated rings. The van der Waals surface area contributed by atoms with E-state index in [4.69, 9.17) is 9.78 Å². The van der Waals surface area contributed by atoms with E-state index in [2.05, 4.69) is 39.8 Å². The van der Waals surface area contributed by atoms with Crippen LogP contribution in [-0.4, -0.2) is 0 Å². The van der Waals surface area contributed by atoms with E-state index in [1.54, 1.807) is 0 Å². The molecule has 2 heteroatoms. The predicted octanol–water partition coefficient (Wildman–Crippen LogP) is 6.09. The number of rotatable bonds is 9. The minimum atomic E-state index is 0.848. The van der Waals surface area contributed by atoms with Gasteiger partial charge in [-0.05, 0) is 48.9 Å². The molecule has 24 heavy (non-hydrogen) atoms. The molecule has 2 nitrogen and oxygen atoms in total. The molecule has 2 aromatic carbocycles. The molecule has 2 aromatic rings. The Labute approximate surface area is 146 Å². The summed E-state index contributed by atoms with van der Waals surface area (Å²) >= 11 is 0. The molecule has 0 amide bonds. The lowest BCUT2D eigenvalue weighted by Crippen LogP contribution is -2.07. The SMILES string of the molecule is CCCc1c(CC)cccc1OOc1cccc(CC)c1CCC. The molecule has 0 radical (unpaired) electrons. The second-order valence-electron chi connectivity index (χ2n) is 6.16. The Balaban J connectivity index is 2.25. The molecule has 0 spiro atoms. The van der Waals surface area contributed by atoms with E-state index in [1.807, 2.05) is 24.3 Å². The third-order valence-electron chi connectivity index (χ3n) is 4.44. The summed E-state index contributed by atoms with van der Waals surface area (Å²) in [5, 5.41) is 0. The standard InChI is InChI=1S/C22H30O2/c1-5-11-19-17(7-3)13-9-15-21(19)23-24-22-16-10-14-18(8-4)20(22)12-6-2/h9-10,13-16H,5-8,11-12H2,1-4H3. The van der Waals surface area contributed by atoms with Gasteiger partial charge in [-0.1, -0.05) is 64.8 Å². The van der Waals surface area contributed by atoms with Crippen molar-refractivity contribution >= 4 is 0 Å². The molecule has 0 unspecified atom stereocenters. The Morgan fingerprint density at radius 3 is 1.38 bits per heavy atom. The topological polar surface area (TPSA) is 18.5 Å². The average molecular weight is 326 g/mol. The normalized spacial score (nSPS) is 10.7. The molecule has 0 heterocycles. The number of aryl methyl sites for hydroxylation is 2. The first-order valence-corrected chi connectivity index (χ1v) is 9.31. The largest absolute Gasteiger partial charge is 0.290 e. The van der Waals surface area contributed by atoms with Gasteiger partial charge in [0.1, 0.15) is 0 Å². The van der Waals surface area contributed by atoms with Gasteiger partial charge in [-0.2, -0.15) is 0 Å². The van der Waals surface area contributed by atoms with Crippen LogP contribution in [0.15, 0.2) is 36.4 Å². The maximum absolute atomic E-state index is 5.80. The first-order chi connectivity index (χ1) is 11.7. The molecule has 0 aliphatic heterocycles. The van der Waals surface area contributed by atoms with Crippen molar-refractivity contribution in [3.8, 4) is 11.5 Å². The number of hydrogen-bond acceptors (Lipinski definition) is 2. The summed E-state index contributed by atoms with van der Waals surface area (Å²) in [7, 11) is 0. The summed E-state index contributed by atoms with van der Waals surface area (Å²) in [6.07, 6.45) is 6.25. The predicted molar refractivity (Wildman–Crippen MR) is 101 cm³/mol. The molecule has 2 rings (SSSR count). The van der Waals surface area contributed by atoms with E-state index in [-0.39, 0.29) is 0 Å². The quantitative estimate of drug-likeness (QED) is 0.410. The summed E-state index contributed by atoms with van der Waals surface area (Å²) in [4.78, 5) is 11.6. The lowest BCUT2D eigenvalue weighted by atomic mass is 10.00. The monoisotopic (exact) mass is 326 g/mol. The molecule has 0 aliphatic carbocycles. The zero-order valence-electron chi connectivity index (χ0n) is 15.5. The minimum Gasteiger partial charge on any atom is -0.290 e. The summed E-state index contributed by atoms with van der Waals surface area (Å²) < 4.78 is 0. The van der Waals surface area contributed by atoms with E-state index >= 15 is 0 Å². The Hall–Kier alpha value is -1.96. The van der Waals surface area contributed by atoms with E-state index < -0.39 is 0 Å². The Morgan fingerprint density at radius 1 is 0.625 bits per heavy atom. The fourth-order valence-electron chi connectivity index (χ4n) is 3.20. The van der Waals surface area contributed by atoms with Crippen molar-refractivity contribution in [2.45, 2.75) is 66.2 Å². The van der Waals surface area contributed by atoms with Gasteiger partial charge in [-0.15, -0.1) is 0 Å². The van der Waals surface area contributed by atoms with E-state index in [0.717, 1.165) is 50.0 Å². The summed E-state index contributed by atoms with van der Waals surface area (Å²) in [5.74, 6) is 1.70. The van der Waals surface area contributed by atoms with E-state index in [0.29, 0.717) is 0 Å². The molecule has 0 aromatic heterocycles. The summed E-state index contributed by atoms with van der Waals surface area (Å²) in [6, 6.07) is 12.5. The van der Waals surface area contributed by atoms with Crippen molar-refractivity contribution < 1.29 is 9.78 Å². The molecular weight excluding hydrogens is 296 g/mol. The van der Waals surface area contributed by atoms with Gasteiger partial charge in [-0.25, -0.2) is 0 Å². The van der Waals surface area contributed by atoms with Gasteiger partial charge >= 0.3 is 0 Å². The molecule has 0 aliphatic rings. The lowest BCUT2D eigenvalue weighted by Gasteiger charge is -2.16. The van der Waals surface area contributed by atoms with Crippen LogP contribution in [-0.2, 0) is 25.7 Å². The first-order valence-electron chi connectivity index (χ1n) is 9.31. The van der Waals surface area contributed by atoms with Gasteiger partial charge in [0, 0.05) is 11.1 Å². The van der Waals surface area contributed by atoms with Crippen LogP contribution in [0.5, 0.6) is 11.5 Å². The second kappa shape index (κ2) is 9.36. The van der Waals surface area contributed by atoms with Gasteiger partial charge in [0.2, 0.25) is 0 Å². The summed E-state index contributed by atoms with van der Waals surface area (Å²) in [5.41, 5.74) is 5.22. The zero-order chi connectivity index (χ0) is 17.4. The number of benzene rings is 2. The van der Waals surface area contributed by atoms with Gasteiger partial charge in [0.25, 0.3) is 0 Å². The molecular formula is C22H30O2. The van der Waals surface area contributed by atoms with Crippen LogP contribution >= 0.6 is 0 Å². The van der Waals surface area contributed by atoms with Crippen molar-refractivity contribution in [2.75, 3.05) is 0 Å². The van der Waals surface area contributed by atoms with Crippen LogP contribution in [0.4, 0.5) is 0 Å². The Kier molecular flexibility index (Phi) is 7.17. The number of hydrogen-bond donors (Lipinski definition) is 0. The van der Waals surface area contributed by atoms with Crippen LogP contribution in [0.3, 0.4) is 0 Å². The average Bonchev–Trinajstić information content (AvgIpc) is 2.62. The van der Waals surface area contributed by atoms with Crippen LogP contribution in [0.25, 0.3) is 0 Å². The first kappa shape index (κ1) is 18.4. The van der Waals surface area contributed by atoms with Gasteiger partial charge in [0.05, 0.1) is 0 Å². The van der Waals surface area contributed by atoms with Crippen molar-refractivity contribution in [2.24, 2.45) is 0 Å². The minimum absolute atomic E-state index is 0.848. The lowest BCUT2D eigenvalue weighted by molar-refractivity contribution is -0.102. The zero-order valence-corrected chi connectivity index (χ0v) is 15.5. The van der Waals surface area contributed by atoms with Crippen LogP contribution in [0.1, 0.15) is 62.8 Å². The van der Waals surface area contributed by atoms with E-state index in [9.17, 15) is 0 Å². The highest BCUT2D eigenvalue weighted by Crippen LogP contribution is 2.28. The maximum Gasteiger partial charge on any atom is 0.182 e. The molecule has 130 valence electrons. The highest BCUT2D eigenvalue weighted by atomic mass is 17.2. The Morgan fingerprint density at radius 2 is 1.04 bits per heavy atom. The van der Waals surface area contributed by atoms with Crippen molar-refractivity contribution in [3.63, 3.8) is 0 Å². The van der Waals surface area contributed by atoms with Gasteiger partial charge in [0.15, 0.2) is 11.5 Å². The van der Waals surface area contributed by atoms with Crippen molar-refractivity contribution in [1.29, 1.82) is 0 Å². The fraction of sp³-hybridized carbons (Fsp3) is 0.455. The molecule has 0 saturated carbocycles. The molecule has 0 bridgehead atoms. The van der Waals surface area contributed by atoms with E-state index in [1.165, 1.54) is 22.3 Å². The molecule has 0 N–H and O–H groups in total. The van der Waals surface area contributed by atoms with Crippen molar-refractivity contribution in [3.05, 3.63) is 58.7 Å². The Bertz CT molecular complexity index is 589.